The average Bonchev–Trinajstić information content (AvgIpc) is 2.58. The van der Waals surface area contributed by atoms with Crippen molar-refractivity contribution < 1.29 is 14.3 Å². The number of methoxy groups -OCH3 is 1. The van der Waals surface area contributed by atoms with Crippen molar-refractivity contribution in [3.8, 4) is 0 Å². The van der Waals surface area contributed by atoms with Crippen molar-refractivity contribution in [1.82, 2.24) is 10.2 Å². The molecule has 0 aromatic carbocycles. The number of carbonyl (C=O) groups is 1. The molecule has 0 aromatic heterocycles. The summed E-state index contributed by atoms with van der Waals surface area (Å²) in [5.74, 6) is -0.170. The van der Waals surface area contributed by atoms with E-state index in [2.05, 4.69) is 17.1 Å². The second-order valence-corrected chi connectivity index (χ2v) is 4.76. The fraction of sp³-hybridized carbons (Fsp3) is 0.923. The summed E-state index contributed by atoms with van der Waals surface area (Å²) in [5.41, 5.74) is 0. The van der Waals surface area contributed by atoms with Gasteiger partial charge in [-0.05, 0) is 26.3 Å². The molecule has 5 heteroatoms. The van der Waals surface area contributed by atoms with Crippen molar-refractivity contribution in [3.05, 3.63) is 0 Å². The molecule has 1 heterocycles. The summed E-state index contributed by atoms with van der Waals surface area (Å²) >= 11 is 0. The Morgan fingerprint density at radius 2 is 2.39 bits per heavy atom. The van der Waals surface area contributed by atoms with Crippen molar-refractivity contribution >= 4 is 5.97 Å². The van der Waals surface area contributed by atoms with Gasteiger partial charge >= 0.3 is 5.97 Å². The highest BCUT2D eigenvalue weighted by Crippen LogP contribution is 2.07. The minimum Gasteiger partial charge on any atom is -0.468 e. The Kier molecular flexibility index (Phi) is 7.23. The maximum Gasteiger partial charge on any atom is 0.322 e. The van der Waals surface area contributed by atoms with Crippen LogP contribution >= 0.6 is 0 Å². The van der Waals surface area contributed by atoms with Crippen molar-refractivity contribution in [1.29, 1.82) is 0 Å². The molecular formula is C13H26N2O3. The van der Waals surface area contributed by atoms with E-state index in [0.29, 0.717) is 0 Å². The van der Waals surface area contributed by atoms with Crippen LogP contribution in [0.4, 0.5) is 0 Å². The van der Waals surface area contributed by atoms with Crippen LogP contribution < -0.4 is 5.32 Å². The fourth-order valence-corrected chi connectivity index (χ4v) is 2.29. The topological polar surface area (TPSA) is 50.8 Å². The normalized spacial score (nSPS) is 23.4. The Bertz CT molecular complexity index is 248. The summed E-state index contributed by atoms with van der Waals surface area (Å²) in [6.07, 6.45) is 2.13. The number of esters is 1. The Hall–Kier alpha value is -0.650. The predicted octanol–water partition coefficient (Wildman–Crippen LogP) is 0.638. The lowest BCUT2D eigenvalue weighted by Crippen LogP contribution is -2.41. The van der Waals surface area contributed by atoms with Gasteiger partial charge in [-0.3, -0.25) is 4.79 Å². The lowest BCUT2D eigenvalue weighted by Gasteiger charge is -2.24. The molecule has 1 aliphatic heterocycles. The Morgan fingerprint density at radius 1 is 1.61 bits per heavy atom. The third kappa shape index (κ3) is 5.33. The summed E-state index contributed by atoms with van der Waals surface area (Å²) in [4.78, 5) is 13.9. The molecule has 1 aliphatic rings. The van der Waals surface area contributed by atoms with Crippen LogP contribution in [-0.2, 0) is 14.3 Å². The average molecular weight is 258 g/mol. The highest BCUT2D eigenvalue weighted by molar-refractivity contribution is 5.75. The highest BCUT2D eigenvalue weighted by Gasteiger charge is 2.20. The fourth-order valence-electron chi connectivity index (χ4n) is 2.29. The van der Waals surface area contributed by atoms with Crippen LogP contribution in [0.25, 0.3) is 0 Å². The van der Waals surface area contributed by atoms with E-state index in [1.165, 1.54) is 7.11 Å². The summed E-state index contributed by atoms with van der Waals surface area (Å²) in [7, 11) is 1.44. The molecular weight excluding hydrogens is 232 g/mol. The van der Waals surface area contributed by atoms with Gasteiger partial charge in [-0.15, -0.1) is 0 Å². The lowest BCUT2D eigenvalue weighted by molar-refractivity contribution is -0.143. The first-order valence-corrected chi connectivity index (χ1v) is 6.82. The van der Waals surface area contributed by atoms with Crippen LogP contribution in [0.1, 0.15) is 26.7 Å². The Balaban J connectivity index is 2.37. The molecule has 2 unspecified atom stereocenters. The van der Waals surface area contributed by atoms with Gasteiger partial charge in [-0.2, -0.15) is 0 Å². The van der Waals surface area contributed by atoms with Gasteiger partial charge in [0, 0.05) is 26.2 Å². The molecule has 0 radical (unpaired) electrons. The van der Waals surface area contributed by atoms with E-state index < -0.39 is 0 Å². The maximum absolute atomic E-state index is 11.6. The molecule has 106 valence electrons. The van der Waals surface area contributed by atoms with Gasteiger partial charge in [-0.25, -0.2) is 0 Å². The zero-order chi connectivity index (χ0) is 13.4. The van der Waals surface area contributed by atoms with Crippen LogP contribution in [0.15, 0.2) is 0 Å². The van der Waals surface area contributed by atoms with E-state index in [4.69, 9.17) is 9.47 Å². The number of hydrogen-bond donors (Lipinski definition) is 1. The Labute approximate surface area is 110 Å². The number of carbonyl (C=O) groups excluding carboxylic acids is 1. The molecule has 0 bridgehead atoms. The molecule has 2 atom stereocenters. The lowest BCUT2D eigenvalue weighted by atomic mass is 10.2. The summed E-state index contributed by atoms with van der Waals surface area (Å²) < 4.78 is 10.4. The molecule has 5 nitrogen and oxygen atoms in total. The monoisotopic (exact) mass is 258 g/mol. The third-order valence-corrected chi connectivity index (χ3v) is 3.21. The van der Waals surface area contributed by atoms with Gasteiger partial charge in [0.15, 0.2) is 0 Å². The van der Waals surface area contributed by atoms with Crippen LogP contribution in [0.2, 0.25) is 0 Å². The number of nitrogens with zero attached hydrogens (tertiary/aromatic N) is 1. The molecule has 1 fully saturated rings. The van der Waals surface area contributed by atoms with Crippen LogP contribution in [0, 0.1) is 0 Å². The molecule has 0 aromatic rings. The molecule has 1 rings (SSSR count). The first-order chi connectivity index (χ1) is 8.67. The zero-order valence-corrected chi connectivity index (χ0v) is 11.8. The summed E-state index contributed by atoms with van der Waals surface area (Å²) in [5, 5.41) is 3.17. The zero-order valence-electron chi connectivity index (χ0n) is 11.8. The SMILES string of the molecule is CCNC(CCN1CCCOC(C)C1)C(=O)OC. The van der Waals surface area contributed by atoms with Gasteiger partial charge in [0.05, 0.1) is 13.2 Å². The van der Waals surface area contributed by atoms with Gasteiger partial charge in [-0.1, -0.05) is 6.92 Å². The molecule has 1 N–H and O–H groups in total. The van der Waals surface area contributed by atoms with E-state index in [1.807, 2.05) is 6.92 Å². The van der Waals surface area contributed by atoms with Gasteiger partial charge in [0.25, 0.3) is 0 Å². The van der Waals surface area contributed by atoms with E-state index in [9.17, 15) is 4.79 Å². The van der Waals surface area contributed by atoms with E-state index in [-0.39, 0.29) is 18.1 Å². The van der Waals surface area contributed by atoms with Crippen molar-refractivity contribution in [2.24, 2.45) is 0 Å². The smallest absolute Gasteiger partial charge is 0.322 e. The highest BCUT2D eigenvalue weighted by atomic mass is 16.5. The number of likely N-dealkylation sites (N-methyl/N-ethyl adjacent to an activating group) is 1. The number of ether oxygens (including phenoxy) is 2. The molecule has 0 aliphatic carbocycles. The van der Waals surface area contributed by atoms with Gasteiger partial charge in [0.2, 0.25) is 0 Å². The molecule has 0 saturated carbocycles. The second-order valence-electron chi connectivity index (χ2n) is 4.76. The number of nitrogens with one attached hydrogen (secondary N) is 1. The van der Waals surface area contributed by atoms with Crippen LogP contribution in [0.5, 0.6) is 0 Å². The third-order valence-electron chi connectivity index (χ3n) is 3.21. The van der Waals surface area contributed by atoms with Crippen molar-refractivity contribution in [2.75, 3.05) is 39.9 Å². The quantitative estimate of drug-likeness (QED) is 0.709. The standard InChI is InChI=1S/C13H26N2O3/c1-4-14-12(13(16)17-3)6-8-15-7-5-9-18-11(2)10-15/h11-12,14H,4-10H2,1-3H3. The largest absolute Gasteiger partial charge is 0.468 e. The minimum atomic E-state index is -0.195. The molecule has 1 saturated heterocycles. The predicted molar refractivity (Wildman–Crippen MR) is 70.6 cm³/mol. The maximum atomic E-state index is 11.6. The summed E-state index contributed by atoms with van der Waals surface area (Å²) in [6.45, 7) is 8.60. The van der Waals surface area contributed by atoms with Gasteiger partial charge < -0.3 is 19.7 Å². The minimum absolute atomic E-state index is 0.170. The van der Waals surface area contributed by atoms with Crippen LogP contribution in [0.3, 0.4) is 0 Å². The van der Waals surface area contributed by atoms with E-state index in [1.54, 1.807) is 0 Å². The summed E-state index contributed by atoms with van der Waals surface area (Å²) in [6, 6.07) is -0.195. The first kappa shape index (κ1) is 15.4. The van der Waals surface area contributed by atoms with Gasteiger partial charge in [0.1, 0.15) is 6.04 Å². The Morgan fingerprint density at radius 3 is 3.06 bits per heavy atom. The van der Waals surface area contributed by atoms with E-state index >= 15 is 0 Å². The first-order valence-electron chi connectivity index (χ1n) is 6.82. The van der Waals surface area contributed by atoms with Crippen LogP contribution in [-0.4, -0.2) is 62.9 Å². The molecule has 0 spiro atoms. The second kappa shape index (κ2) is 8.45. The number of rotatable bonds is 6. The van der Waals surface area contributed by atoms with Crippen molar-refractivity contribution in [2.45, 2.75) is 38.8 Å². The number of hydrogen-bond acceptors (Lipinski definition) is 5. The molecule has 0 amide bonds. The van der Waals surface area contributed by atoms with Crippen molar-refractivity contribution in [3.63, 3.8) is 0 Å². The van der Waals surface area contributed by atoms with E-state index in [0.717, 1.165) is 45.6 Å². The molecule has 18 heavy (non-hydrogen) atoms.